The van der Waals surface area contributed by atoms with Crippen molar-refractivity contribution >= 4 is 131 Å². The second-order valence-electron chi connectivity index (χ2n) is 0. The fourth-order valence-electron chi connectivity index (χ4n) is 0. The molecule has 0 saturated carbocycles. The first kappa shape index (κ1) is 88.0. The molecule has 0 rings (SSSR count). The van der Waals surface area contributed by atoms with Gasteiger partial charge in [-0.1, -0.05) is 0 Å². The molecule has 0 unspecified atom stereocenters. The average molecular weight is 933 g/mol. The van der Waals surface area contributed by atoms with Gasteiger partial charge >= 0.3 is 131 Å². The normalized spacial score (nSPS) is 0. The Morgan fingerprint density at radius 3 is 0.455 bits per heavy atom. The van der Waals surface area contributed by atoms with Crippen LogP contribution in [-0.4, -0.2) is 131 Å². The zero-order valence-electron chi connectivity index (χ0n) is 4.53. The van der Waals surface area contributed by atoms with E-state index in [1.807, 2.05) is 0 Å². The third-order valence-electron chi connectivity index (χ3n) is 0. The van der Waals surface area contributed by atoms with Crippen molar-refractivity contribution in [3.8, 4) is 0 Å². The van der Waals surface area contributed by atoms with Gasteiger partial charge in [-0.3, -0.25) is 0 Å². The van der Waals surface area contributed by atoms with Crippen molar-refractivity contribution in [2.24, 2.45) is 0 Å². The van der Waals surface area contributed by atoms with E-state index in [1.54, 1.807) is 0 Å². The molecule has 46 valence electrons. The van der Waals surface area contributed by atoms with Gasteiger partial charge in [0, 0.05) is 153 Å². The van der Waals surface area contributed by atoms with Gasteiger partial charge in [-0.15, -0.1) is 0 Å². The molecule has 0 amide bonds. The van der Waals surface area contributed by atoms with E-state index >= 15 is 0 Å². The summed E-state index contributed by atoms with van der Waals surface area (Å²) in [5.41, 5.74) is 0. The molecule has 0 atom stereocenters. The molecule has 2 radical (unpaired) electrons. The Kier molecular flexibility index (Phi) is 601. The van der Waals surface area contributed by atoms with E-state index in [9.17, 15) is 0 Å². The van der Waals surface area contributed by atoms with Crippen LogP contribution >= 0.6 is 0 Å². The van der Waals surface area contributed by atoms with Gasteiger partial charge < -0.3 is 16.4 Å². The van der Waals surface area contributed by atoms with Crippen molar-refractivity contribution in [1.82, 2.24) is 0 Å². The molecule has 0 aliphatic carbocycles. The molecule has 0 N–H and O–H groups in total. The van der Waals surface area contributed by atoms with Crippen molar-refractivity contribution in [2.45, 2.75) is 0 Å². The van der Waals surface area contributed by atoms with Gasteiger partial charge in [0.2, 0.25) is 0 Å². The average Bonchev–Trinajstić information content (AvgIpc) is 0. The standard InChI is InChI=1S/2Ga.2La.2Nd.3O.2Sr.4H/q2*+3;;;;;3*-2;;;;;;. The first-order chi connectivity index (χ1) is 0. The minimum atomic E-state index is 0. The van der Waals surface area contributed by atoms with Crippen molar-refractivity contribution in [3.63, 3.8) is 0 Å². The Morgan fingerprint density at radius 1 is 0.455 bits per heavy atom. The maximum atomic E-state index is 0. The number of hydrogen-bond acceptors (Lipinski definition) is 0. The molecule has 0 aromatic carbocycles. The zero-order valence-corrected chi connectivity index (χ0v) is 23.0. The summed E-state index contributed by atoms with van der Waals surface area (Å²) in [6.07, 6.45) is 0. The summed E-state index contributed by atoms with van der Waals surface area (Å²) >= 11 is 0. The molecule has 0 fully saturated rings. The van der Waals surface area contributed by atoms with E-state index in [0.717, 1.165) is 0 Å². The Hall–Kier alpha value is 9.20. The van der Waals surface area contributed by atoms with Gasteiger partial charge in [-0.25, -0.2) is 0 Å². The fourth-order valence-corrected chi connectivity index (χ4v) is 0. The first-order valence-electron chi connectivity index (χ1n) is 0. The summed E-state index contributed by atoms with van der Waals surface area (Å²) < 4.78 is 0. The van der Waals surface area contributed by atoms with Gasteiger partial charge in [0.25, 0.3) is 0 Å². The molecule has 0 bridgehead atoms. The van der Waals surface area contributed by atoms with Crippen LogP contribution in [0.15, 0.2) is 0 Å². The summed E-state index contributed by atoms with van der Waals surface area (Å²) in [6, 6.07) is 0. The van der Waals surface area contributed by atoms with E-state index in [4.69, 9.17) is 0 Å². The van der Waals surface area contributed by atoms with Crippen molar-refractivity contribution in [1.29, 1.82) is 0 Å². The van der Waals surface area contributed by atoms with Crippen LogP contribution in [0.4, 0.5) is 0 Å². The first-order valence-corrected chi connectivity index (χ1v) is 0. The molecular weight excluding hydrogens is 929 g/mol. The zero-order chi connectivity index (χ0) is 0. The monoisotopic (exact) mass is 927 g/mol. The van der Waals surface area contributed by atoms with E-state index in [2.05, 4.69) is 0 Å². The van der Waals surface area contributed by atoms with Crippen molar-refractivity contribution in [3.05, 3.63) is 0 Å². The quantitative estimate of drug-likeness (QED) is 0.233. The van der Waals surface area contributed by atoms with Crippen LogP contribution in [0, 0.1) is 153 Å². The Balaban J connectivity index is 0. The third kappa shape index (κ3) is 67.1. The van der Waals surface area contributed by atoms with Crippen LogP contribution in [0.1, 0.15) is 0 Å². The van der Waals surface area contributed by atoms with Gasteiger partial charge in [0.05, 0.1) is 0 Å². The van der Waals surface area contributed by atoms with Crippen LogP contribution in [0.3, 0.4) is 0 Å². The van der Waals surface area contributed by atoms with Gasteiger partial charge in [-0.2, -0.15) is 0 Å². The summed E-state index contributed by atoms with van der Waals surface area (Å²) in [5, 5.41) is 0. The molecular formula is H4Ga2La2Nd2O3Sr2. The summed E-state index contributed by atoms with van der Waals surface area (Å²) in [7, 11) is 0. The van der Waals surface area contributed by atoms with Gasteiger partial charge in [0.15, 0.2) is 0 Å². The molecule has 0 aliphatic rings. The molecule has 0 heterocycles. The van der Waals surface area contributed by atoms with Crippen LogP contribution in [0.5, 0.6) is 0 Å². The van der Waals surface area contributed by atoms with Crippen LogP contribution in [-0.2, 0) is 16.4 Å². The summed E-state index contributed by atoms with van der Waals surface area (Å²) in [6.45, 7) is 0. The van der Waals surface area contributed by atoms with E-state index in [-0.39, 0.29) is 300 Å². The summed E-state index contributed by atoms with van der Waals surface area (Å²) in [4.78, 5) is 0. The number of hydrogen-bond donors (Lipinski definition) is 0. The Bertz CT molecular complexity index is 25.3. The molecule has 0 aromatic rings. The van der Waals surface area contributed by atoms with E-state index in [1.165, 1.54) is 0 Å². The third-order valence-corrected chi connectivity index (χ3v) is 0. The Labute approximate surface area is 289 Å². The topological polar surface area (TPSA) is 85.5 Å². The Morgan fingerprint density at radius 2 is 0.455 bits per heavy atom. The van der Waals surface area contributed by atoms with Gasteiger partial charge in [0.1, 0.15) is 0 Å². The molecule has 3 nitrogen and oxygen atoms in total. The summed E-state index contributed by atoms with van der Waals surface area (Å²) in [5.74, 6) is 0. The molecule has 0 aromatic heterocycles. The molecule has 0 spiro atoms. The van der Waals surface area contributed by atoms with Crippen LogP contribution < -0.4 is 0 Å². The number of rotatable bonds is 0. The molecule has 0 aliphatic heterocycles. The molecule has 11 heavy (non-hydrogen) atoms. The second-order valence-corrected chi connectivity index (χ2v) is 0. The maximum absolute atomic E-state index is 0. The predicted molar refractivity (Wildman–Crippen MR) is 30.7 cm³/mol. The predicted octanol–water partition coefficient (Wildman–Crippen LogP) is -2.95. The molecule has 11 heteroatoms. The van der Waals surface area contributed by atoms with E-state index < -0.39 is 0 Å². The van der Waals surface area contributed by atoms with Crippen molar-refractivity contribution in [2.75, 3.05) is 0 Å². The fraction of sp³-hybridized carbons (Fsp3) is 0. The molecule has 0 saturated heterocycles. The van der Waals surface area contributed by atoms with Crippen LogP contribution in [0.2, 0.25) is 0 Å². The van der Waals surface area contributed by atoms with Crippen LogP contribution in [0.25, 0.3) is 0 Å². The minimum absolute atomic E-state index is 0. The van der Waals surface area contributed by atoms with Gasteiger partial charge in [-0.05, 0) is 0 Å². The SMILES string of the molecule is [Ga+3].[Ga+3].[La].[La].[Nd].[Nd].[O-2].[O-2].[O-2].[SrH2].[SrH2]. The second kappa shape index (κ2) is 75.1. The van der Waals surface area contributed by atoms with Crippen molar-refractivity contribution < 1.29 is 169 Å². The van der Waals surface area contributed by atoms with E-state index in [0.29, 0.717) is 0 Å².